The molecular weight excluding hydrogens is 443 g/mol. The number of halogens is 2. The van der Waals surface area contributed by atoms with Gasteiger partial charge in [0.15, 0.2) is 0 Å². The van der Waals surface area contributed by atoms with Gasteiger partial charge in [-0.2, -0.15) is 0 Å². The van der Waals surface area contributed by atoms with E-state index in [1.165, 1.54) is 44.5 Å². The van der Waals surface area contributed by atoms with E-state index in [9.17, 15) is 17.6 Å². The average molecular weight is 463 g/mol. The van der Waals surface area contributed by atoms with E-state index in [-0.39, 0.29) is 21.2 Å². The number of benzene rings is 3. The summed E-state index contributed by atoms with van der Waals surface area (Å²) in [5, 5.41) is 2.65. The molecule has 6 nitrogen and oxygen atoms in total. The molecule has 0 aliphatic heterocycles. The van der Waals surface area contributed by atoms with Crippen LogP contribution >= 0.6 is 11.6 Å². The number of nitrogens with zero attached hydrogens (tertiary/aromatic N) is 1. The van der Waals surface area contributed by atoms with E-state index >= 15 is 0 Å². The van der Waals surface area contributed by atoms with Gasteiger partial charge in [-0.25, -0.2) is 12.8 Å². The second kappa shape index (κ2) is 8.95. The monoisotopic (exact) mass is 462 g/mol. The van der Waals surface area contributed by atoms with Crippen molar-refractivity contribution in [3.63, 3.8) is 0 Å². The largest absolute Gasteiger partial charge is 0.495 e. The van der Waals surface area contributed by atoms with Crippen LogP contribution in [0.2, 0.25) is 5.02 Å². The maximum atomic E-state index is 14.0. The average Bonchev–Trinajstić information content (AvgIpc) is 2.75. The zero-order chi connectivity index (χ0) is 22.8. The highest BCUT2D eigenvalue weighted by molar-refractivity contribution is 7.92. The molecule has 1 amide bonds. The topological polar surface area (TPSA) is 75.7 Å². The van der Waals surface area contributed by atoms with Gasteiger partial charge in [0.25, 0.3) is 15.9 Å². The van der Waals surface area contributed by atoms with Crippen molar-refractivity contribution >= 4 is 38.9 Å². The lowest BCUT2D eigenvalue weighted by Crippen LogP contribution is -2.27. The molecule has 0 radical (unpaired) electrons. The molecule has 3 aromatic rings. The van der Waals surface area contributed by atoms with Gasteiger partial charge >= 0.3 is 0 Å². The zero-order valence-electron chi connectivity index (χ0n) is 17.0. The Hall–Kier alpha value is -3.10. The maximum absolute atomic E-state index is 14.0. The van der Waals surface area contributed by atoms with Crippen molar-refractivity contribution in [3.05, 3.63) is 82.6 Å². The number of hydrogen-bond donors (Lipinski definition) is 1. The second-order valence-electron chi connectivity index (χ2n) is 6.70. The van der Waals surface area contributed by atoms with Crippen LogP contribution in [0.3, 0.4) is 0 Å². The Kier molecular flexibility index (Phi) is 6.52. The molecule has 0 aliphatic carbocycles. The van der Waals surface area contributed by atoms with Crippen LogP contribution in [0.15, 0.2) is 65.6 Å². The van der Waals surface area contributed by atoms with E-state index in [4.69, 9.17) is 16.3 Å². The van der Waals surface area contributed by atoms with Crippen LogP contribution in [-0.2, 0) is 10.0 Å². The third-order valence-corrected chi connectivity index (χ3v) is 6.72. The van der Waals surface area contributed by atoms with Crippen LogP contribution in [0.25, 0.3) is 0 Å². The number of sulfonamides is 1. The number of rotatable bonds is 6. The molecule has 0 unspecified atom stereocenters. The van der Waals surface area contributed by atoms with Gasteiger partial charge < -0.3 is 10.1 Å². The third-order valence-electron chi connectivity index (χ3n) is 4.72. The van der Waals surface area contributed by atoms with Crippen LogP contribution in [0.1, 0.15) is 15.9 Å². The fourth-order valence-electron chi connectivity index (χ4n) is 2.96. The Balaban J connectivity index is 1.96. The normalized spacial score (nSPS) is 11.1. The number of hydrogen-bond acceptors (Lipinski definition) is 4. The molecule has 0 bridgehead atoms. The molecule has 0 fully saturated rings. The molecule has 0 aliphatic rings. The fraction of sp³-hybridized carbons (Fsp3) is 0.136. The minimum atomic E-state index is -4.00. The molecule has 162 valence electrons. The summed E-state index contributed by atoms with van der Waals surface area (Å²) < 4.78 is 46.8. The minimum Gasteiger partial charge on any atom is -0.495 e. The van der Waals surface area contributed by atoms with Crippen molar-refractivity contribution in [2.24, 2.45) is 0 Å². The molecule has 0 spiro atoms. The molecule has 0 saturated carbocycles. The van der Waals surface area contributed by atoms with E-state index in [0.29, 0.717) is 17.0 Å². The number of anilines is 2. The molecule has 0 atom stereocenters. The summed E-state index contributed by atoms with van der Waals surface area (Å²) in [5.74, 6) is -0.953. The predicted octanol–water partition coefficient (Wildman–Crippen LogP) is 4.87. The van der Waals surface area contributed by atoms with Crippen LogP contribution < -0.4 is 14.4 Å². The van der Waals surface area contributed by atoms with Crippen molar-refractivity contribution in [3.8, 4) is 5.75 Å². The van der Waals surface area contributed by atoms with Crippen molar-refractivity contribution in [1.29, 1.82) is 0 Å². The SMILES string of the molecule is COc1ccccc1N(C)S(=O)(=O)c1ccc(C)c(C(=O)Nc2ccc(Cl)cc2F)c1. The number of methoxy groups -OCH3 is 1. The summed E-state index contributed by atoms with van der Waals surface area (Å²) in [5.41, 5.74) is 0.919. The highest BCUT2D eigenvalue weighted by Crippen LogP contribution is 2.31. The van der Waals surface area contributed by atoms with E-state index in [0.717, 1.165) is 10.4 Å². The van der Waals surface area contributed by atoms with Gasteiger partial charge in [0.2, 0.25) is 0 Å². The molecule has 1 N–H and O–H groups in total. The quantitative estimate of drug-likeness (QED) is 0.566. The smallest absolute Gasteiger partial charge is 0.264 e. The molecule has 31 heavy (non-hydrogen) atoms. The second-order valence-corrected chi connectivity index (χ2v) is 9.11. The molecule has 0 saturated heterocycles. The Labute approximate surface area is 185 Å². The van der Waals surface area contributed by atoms with E-state index in [1.807, 2.05) is 0 Å². The number of para-hydroxylation sites is 2. The van der Waals surface area contributed by atoms with Crippen LogP contribution in [0.5, 0.6) is 5.75 Å². The maximum Gasteiger partial charge on any atom is 0.264 e. The van der Waals surface area contributed by atoms with Crippen molar-refractivity contribution in [2.45, 2.75) is 11.8 Å². The molecule has 3 aromatic carbocycles. The summed E-state index contributed by atoms with van der Waals surface area (Å²) in [7, 11) is -1.16. The standard InChI is InChI=1S/C22H20ClFN2O4S/c1-14-8-10-16(31(28,29)26(2)20-6-4-5-7-21(20)30-3)13-17(14)22(27)25-19-11-9-15(23)12-18(19)24/h4-13H,1-3H3,(H,25,27). The number of amides is 1. The minimum absolute atomic E-state index is 0.0619. The van der Waals surface area contributed by atoms with Gasteiger partial charge in [0.1, 0.15) is 11.6 Å². The van der Waals surface area contributed by atoms with E-state index in [1.54, 1.807) is 31.2 Å². The van der Waals surface area contributed by atoms with Gasteiger partial charge in [0.05, 0.1) is 23.4 Å². The first-order valence-electron chi connectivity index (χ1n) is 9.14. The molecule has 9 heteroatoms. The van der Waals surface area contributed by atoms with Gasteiger partial charge in [-0.05, 0) is 55.0 Å². The Morgan fingerprint density at radius 3 is 2.48 bits per heavy atom. The first kappa shape index (κ1) is 22.6. The van der Waals surface area contributed by atoms with Gasteiger partial charge in [-0.15, -0.1) is 0 Å². The Morgan fingerprint density at radius 2 is 1.81 bits per heavy atom. The van der Waals surface area contributed by atoms with Gasteiger partial charge in [0, 0.05) is 17.6 Å². The highest BCUT2D eigenvalue weighted by Gasteiger charge is 2.25. The molecule has 0 heterocycles. The summed E-state index contributed by atoms with van der Waals surface area (Å²) >= 11 is 5.74. The summed E-state index contributed by atoms with van der Waals surface area (Å²) in [6, 6.07) is 14.7. The fourth-order valence-corrected chi connectivity index (χ4v) is 4.36. The van der Waals surface area contributed by atoms with Crippen LogP contribution in [-0.4, -0.2) is 28.5 Å². The number of carbonyl (C=O) groups excluding carboxylic acids is 1. The van der Waals surface area contributed by atoms with Gasteiger partial charge in [-0.3, -0.25) is 9.10 Å². The van der Waals surface area contributed by atoms with Crippen molar-refractivity contribution in [2.75, 3.05) is 23.8 Å². The molecule has 0 aromatic heterocycles. The number of carbonyl (C=O) groups is 1. The van der Waals surface area contributed by atoms with Crippen LogP contribution in [0, 0.1) is 12.7 Å². The lowest BCUT2D eigenvalue weighted by molar-refractivity contribution is 0.102. The van der Waals surface area contributed by atoms with E-state index < -0.39 is 21.7 Å². The predicted molar refractivity (Wildman–Crippen MR) is 119 cm³/mol. The van der Waals surface area contributed by atoms with Crippen LogP contribution in [0.4, 0.5) is 15.8 Å². The molecule has 3 rings (SSSR count). The van der Waals surface area contributed by atoms with Gasteiger partial charge in [-0.1, -0.05) is 29.8 Å². The lowest BCUT2D eigenvalue weighted by Gasteiger charge is -2.22. The lowest BCUT2D eigenvalue weighted by atomic mass is 10.1. The Morgan fingerprint density at radius 1 is 1.10 bits per heavy atom. The zero-order valence-corrected chi connectivity index (χ0v) is 18.6. The van der Waals surface area contributed by atoms with Crippen molar-refractivity contribution in [1.82, 2.24) is 0 Å². The van der Waals surface area contributed by atoms with Crippen molar-refractivity contribution < 1.29 is 22.3 Å². The Bertz CT molecular complexity index is 1250. The highest BCUT2D eigenvalue weighted by atomic mass is 35.5. The van der Waals surface area contributed by atoms with E-state index in [2.05, 4.69) is 5.32 Å². The molecular formula is C22H20ClFN2O4S. The number of ether oxygens (including phenoxy) is 1. The summed E-state index contributed by atoms with van der Waals surface area (Å²) in [6.07, 6.45) is 0. The summed E-state index contributed by atoms with van der Waals surface area (Å²) in [4.78, 5) is 12.7. The third kappa shape index (κ3) is 4.65. The first-order valence-corrected chi connectivity index (χ1v) is 11.0. The number of nitrogens with one attached hydrogen (secondary N) is 1. The summed E-state index contributed by atoms with van der Waals surface area (Å²) in [6.45, 7) is 1.66. The first-order chi connectivity index (χ1) is 14.6. The number of aryl methyl sites for hydroxylation is 1.